The highest BCUT2D eigenvalue weighted by Gasteiger charge is 2.16. The van der Waals surface area contributed by atoms with E-state index in [4.69, 9.17) is 4.74 Å². The molecular formula is C15H15BrO2S. The fourth-order valence-corrected chi connectivity index (χ4v) is 3.61. The fourth-order valence-electron chi connectivity index (χ4n) is 2.12. The van der Waals surface area contributed by atoms with Gasteiger partial charge in [-0.3, -0.25) is 4.79 Å². The summed E-state index contributed by atoms with van der Waals surface area (Å²) in [5.41, 5.74) is 3.77. The average Bonchev–Trinajstić information content (AvgIpc) is 2.68. The standard InChI is InChI=1S/C15H15BrO2S/c1-8-5-11(6-9(2)14(8)18-4)13(17)12-7-10(3)15(16)19-12/h5-7H,1-4H3. The van der Waals surface area contributed by atoms with Gasteiger partial charge in [0.05, 0.1) is 15.8 Å². The predicted octanol–water partition coefficient (Wildman–Crippen LogP) is 4.68. The lowest BCUT2D eigenvalue weighted by Gasteiger charge is -2.10. The number of benzene rings is 1. The minimum atomic E-state index is 0.0626. The van der Waals surface area contributed by atoms with Crippen LogP contribution in [0.5, 0.6) is 5.75 Å². The molecular weight excluding hydrogens is 324 g/mol. The summed E-state index contributed by atoms with van der Waals surface area (Å²) in [6.07, 6.45) is 0. The third-order valence-electron chi connectivity index (χ3n) is 3.01. The molecule has 0 saturated heterocycles. The Morgan fingerprint density at radius 2 is 1.68 bits per heavy atom. The molecule has 0 aliphatic carbocycles. The van der Waals surface area contributed by atoms with E-state index in [9.17, 15) is 4.79 Å². The molecule has 19 heavy (non-hydrogen) atoms. The summed E-state index contributed by atoms with van der Waals surface area (Å²) in [4.78, 5) is 13.2. The number of ketones is 1. The molecule has 0 amide bonds. The van der Waals surface area contributed by atoms with Gasteiger partial charge in [0.15, 0.2) is 0 Å². The maximum Gasteiger partial charge on any atom is 0.203 e. The van der Waals surface area contributed by atoms with Gasteiger partial charge in [0.2, 0.25) is 5.78 Å². The van der Waals surface area contributed by atoms with E-state index in [0.717, 1.165) is 31.1 Å². The number of rotatable bonds is 3. The lowest BCUT2D eigenvalue weighted by Crippen LogP contribution is -2.01. The van der Waals surface area contributed by atoms with Crippen LogP contribution in [-0.4, -0.2) is 12.9 Å². The molecule has 0 aliphatic rings. The fraction of sp³-hybridized carbons (Fsp3) is 0.267. The van der Waals surface area contributed by atoms with Crippen LogP contribution in [0.2, 0.25) is 0 Å². The van der Waals surface area contributed by atoms with Crippen LogP contribution in [0.3, 0.4) is 0 Å². The van der Waals surface area contributed by atoms with E-state index in [0.29, 0.717) is 5.56 Å². The van der Waals surface area contributed by atoms with E-state index < -0.39 is 0 Å². The van der Waals surface area contributed by atoms with Gasteiger partial charge in [-0.05, 0) is 71.6 Å². The van der Waals surface area contributed by atoms with Crippen molar-refractivity contribution in [2.75, 3.05) is 7.11 Å². The molecule has 1 aromatic heterocycles. The number of methoxy groups -OCH3 is 1. The minimum absolute atomic E-state index is 0.0626. The van der Waals surface area contributed by atoms with Gasteiger partial charge in [-0.15, -0.1) is 11.3 Å². The Balaban J connectivity index is 2.45. The van der Waals surface area contributed by atoms with Gasteiger partial charge in [0.1, 0.15) is 5.75 Å². The molecule has 4 heteroatoms. The largest absolute Gasteiger partial charge is 0.496 e. The van der Waals surface area contributed by atoms with Gasteiger partial charge < -0.3 is 4.74 Å². The summed E-state index contributed by atoms with van der Waals surface area (Å²) >= 11 is 4.93. The highest BCUT2D eigenvalue weighted by Crippen LogP contribution is 2.31. The third-order valence-corrected chi connectivity index (χ3v) is 5.14. The number of ether oxygens (including phenoxy) is 1. The van der Waals surface area contributed by atoms with E-state index in [1.807, 2.05) is 39.0 Å². The van der Waals surface area contributed by atoms with Crippen molar-refractivity contribution < 1.29 is 9.53 Å². The Labute approximate surface area is 125 Å². The number of hydrogen-bond acceptors (Lipinski definition) is 3. The molecule has 0 bridgehead atoms. The van der Waals surface area contributed by atoms with Crippen molar-refractivity contribution in [3.8, 4) is 5.75 Å². The topological polar surface area (TPSA) is 26.3 Å². The van der Waals surface area contributed by atoms with Gasteiger partial charge in [0.25, 0.3) is 0 Å². The van der Waals surface area contributed by atoms with Crippen LogP contribution in [0.4, 0.5) is 0 Å². The smallest absolute Gasteiger partial charge is 0.203 e. The van der Waals surface area contributed by atoms with Crippen molar-refractivity contribution in [3.05, 3.63) is 49.1 Å². The highest BCUT2D eigenvalue weighted by molar-refractivity contribution is 9.11. The molecule has 2 aromatic rings. The van der Waals surface area contributed by atoms with Crippen LogP contribution in [0.15, 0.2) is 22.0 Å². The molecule has 0 fully saturated rings. The predicted molar refractivity (Wildman–Crippen MR) is 82.7 cm³/mol. The summed E-state index contributed by atoms with van der Waals surface area (Å²) in [6, 6.07) is 5.69. The lowest BCUT2D eigenvalue weighted by molar-refractivity contribution is 0.104. The van der Waals surface area contributed by atoms with Crippen LogP contribution in [-0.2, 0) is 0 Å². The summed E-state index contributed by atoms with van der Waals surface area (Å²) < 4.78 is 6.34. The zero-order valence-corrected chi connectivity index (χ0v) is 13.7. The second-order valence-electron chi connectivity index (χ2n) is 4.54. The molecule has 0 aliphatic heterocycles. The first-order valence-corrected chi connectivity index (χ1v) is 7.51. The molecule has 0 unspecified atom stereocenters. The molecule has 1 heterocycles. The van der Waals surface area contributed by atoms with Crippen LogP contribution in [0, 0.1) is 20.8 Å². The molecule has 100 valence electrons. The maximum absolute atomic E-state index is 12.5. The number of thiophene rings is 1. The molecule has 1 aromatic carbocycles. The van der Waals surface area contributed by atoms with E-state index in [1.165, 1.54) is 11.3 Å². The Hall–Kier alpha value is -1.13. The Morgan fingerprint density at radius 3 is 2.11 bits per heavy atom. The second kappa shape index (κ2) is 5.47. The van der Waals surface area contributed by atoms with E-state index >= 15 is 0 Å². The van der Waals surface area contributed by atoms with Gasteiger partial charge in [0, 0.05) is 5.56 Å². The molecule has 2 nitrogen and oxygen atoms in total. The van der Waals surface area contributed by atoms with Gasteiger partial charge in [-0.2, -0.15) is 0 Å². The molecule has 0 N–H and O–H groups in total. The number of aryl methyl sites for hydroxylation is 3. The van der Waals surface area contributed by atoms with Crippen molar-refractivity contribution in [3.63, 3.8) is 0 Å². The summed E-state index contributed by atoms with van der Waals surface area (Å²) in [5, 5.41) is 0. The first-order chi connectivity index (χ1) is 8.93. The minimum Gasteiger partial charge on any atom is -0.496 e. The van der Waals surface area contributed by atoms with Crippen LogP contribution < -0.4 is 4.74 Å². The van der Waals surface area contributed by atoms with Crippen LogP contribution in [0.1, 0.15) is 31.9 Å². The SMILES string of the molecule is COc1c(C)cc(C(=O)c2cc(C)c(Br)s2)cc1C. The molecule has 0 spiro atoms. The zero-order valence-electron chi connectivity index (χ0n) is 11.3. The van der Waals surface area contributed by atoms with Crippen molar-refractivity contribution in [2.45, 2.75) is 20.8 Å². The summed E-state index contributed by atoms with van der Waals surface area (Å²) in [5.74, 6) is 0.910. The van der Waals surface area contributed by atoms with Gasteiger partial charge >= 0.3 is 0 Å². The molecule has 2 rings (SSSR count). The van der Waals surface area contributed by atoms with E-state index in [1.54, 1.807) is 7.11 Å². The molecule has 0 atom stereocenters. The first kappa shape index (κ1) is 14.3. The second-order valence-corrected chi connectivity index (χ2v) is 6.91. The van der Waals surface area contributed by atoms with Crippen molar-refractivity contribution in [1.29, 1.82) is 0 Å². The summed E-state index contributed by atoms with van der Waals surface area (Å²) in [7, 11) is 1.65. The monoisotopic (exact) mass is 338 g/mol. The quantitative estimate of drug-likeness (QED) is 0.759. The molecule has 0 radical (unpaired) electrons. The van der Waals surface area contributed by atoms with Gasteiger partial charge in [-0.1, -0.05) is 0 Å². The zero-order chi connectivity index (χ0) is 14.2. The third kappa shape index (κ3) is 2.74. The average molecular weight is 339 g/mol. The lowest BCUT2D eigenvalue weighted by atomic mass is 10.0. The van der Waals surface area contributed by atoms with E-state index in [2.05, 4.69) is 15.9 Å². The number of hydrogen-bond donors (Lipinski definition) is 0. The summed E-state index contributed by atoms with van der Waals surface area (Å²) in [6.45, 7) is 5.90. The van der Waals surface area contributed by atoms with Crippen LogP contribution in [0.25, 0.3) is 0 Å². The van der Waals surface area contributed by atoms with Gasteiger partial charge in [-0.25, -0.2) is 0 Å². The van der Waals surface area contributed by atoms with Crippen molar-refractivity contribution >= 4 is 33.0 Å². The van der Waals surface area contributed by atoms with Crippen molar-refractivity contribution in [1.82, 2.24) is 0 Å². The first-order valence-electron chi connectivity index (χ1n) is 5.90. The highest BCUT2D eigenvalue weighted by atomic mass is 79.9. The Bertz CT molecular complexity index is 601. The number of carbonyl (C=O) groups excluding carboxylic acids is 1. The van der Waals surface area contributed by atoms with Crippen molar-refractivity contribution in [2.24, 2.45) is 0 Å². The maximum atomic E-state index is 12.5. The normalized spacial score (nSPS) is 10.6. The number of carbonyl (C=O) groups is 1. The molecule has 0 saturated carbocycles. The number of halogens is 1. The Morgan fingerprint density at radius 1 is 1.11 bits per heavy atom. The van der Waals surface area contributed by atoms with E-state index in [-0.39, 0.29) is 5.78 Å². The Kier molecular flexibility index (Phi) is 4.11. The van der Waals surface area contributed by atoms with Crippen LogP contribution >= 0.6 is 27.3 Å².